The van der Waals surface area contributed by atoms with E-state index in [9.17, 15) is 24.0 Å². The van der Waals surface area contributed by atoms with Crippen molar-refractivity contribution in [2.75, 3.05) is 18.9 Å². The molecule has 2 unspecified atom stereocenters. The standard InChI is InChI=1S/C22H29N3O8S/c23-15(21(30)31)8-9-17(26)25-16(20(29)24-11-18(27)28)12-34-19(13-5-2-1-3-6-13)14-7-4-10-33-22(14)32/h1-3,5-6,14-16,19H,4,7-12,23H2,(H,24,29)(H,25,26)(H,27,28)(H,30,31)/t14?,15-,16+,19?/m1/s1. The van der Waals surface area contributed by atoms with Crippen molar-refractivity contribution in [2.24, 2.45) is 11.7 Å². The van der Waals surface area contributed by atoms with Crippen molar-refractivity contribution in [1.82, 2.24) is 10.6 Å². The molecule has 6 N–H and O–H groups in total. The molecule has 1 aromatic rings. The number of benzene rings is 1. The SMILES string of the molecule is N[C@H](CCC(=O)N[C@@H](CSC(c1ccccc1)C1CCCOC1=O)C(=O)NCC(=O)O)C(=O)O. The van der Waals surface area contributed by atoms with Crippen LogP contribution in [0.5, 0.6) is 0 Å². The minimum absolute atomic E-state index is 0.0471. The summed E-state index contributed by atoms with van der Waals surface area (Å²) in [6.45, 7) is -0.271. The highest BCUT2D eigenvalue weighted by atomic mass is 32.2. The Bertz CT molecular complexity index is 882. The maximum atomic E-state index is 12.6. The number of carboxylic acid groups (broad SMARTS) is 2. The molecule has 0 spiro atoms. The van der Waals surface area contributed by atoms with Crippen LogP contribution >= 0.6 is 11.8 Å². The van der Waals surface area contributed by atoms with Crippen molar-refractivity contribution in [1.29, 1.82) is 0 Å². The van der Waals surface area contributed by atoms with E-state index in [0.717, 1.165) is 5.56 Å². The van der Waals surface area contributed by atoms with Crippen molar-refractivity contribution < 1.29 is 38.9 Å². The minimum Gasteiger partial charge on any atom is -0.480 e. The maximum absolute atomic E-state index is 12.6. The van der Waals surface area contributed by atoms with Gasteiger partial charge in [-0.1, -0.05) is 30.3 Å². The number of ether oxygens (including phenoxy) is 1. The van der Waals surface area contributed by atoms with E-state index in [2.05, 4.69) is 10.6 Å². The van der Waals surface area contributed by atoms with Gasteiger partial charge in [-0.15, -0.1) is 0 Å². The van der Waals surface area contributed by atoms with Gasteiger partial charge in [0, 0.05) is 17.4 Å². The molecule has 1 fully saturated rings. The topological polar surface area (TPSA) is 185 Å². The van der Waals surface area contributed by atoms with Gasteiger partial charge in [0.25, 0.3) is 0 Å². The van der Waals surface area contributed by atoms with Crippen molar-refractivity contribution in [3.63, 3.8) is 0 Å². The van der Waals surface area contributed by atoms with Gasteiger partial charge in [-0.3, -0.25) is 24.0 Å². The van der Waals surface area contributed by atoms with E-state index in [0.29, 0.717) is 19.4 Å². The number of nitrogens with two attached hydrogens (primary N) is 1. The number of cyclic esters (lactones) is 1. The lowest BCUT2D eigenvalue weighted by atomic mass is 9.93. The molecule has 11 nitrogen and oxygen atoms in total. The van der Waals surface area contributed by atoms with Crippen molar-refractivity contribution in [3.05, 3.63) is 35.9 Å². The van der Waals surface area contributed by atoms with Gasteiger partial charge >= 0.3 is 17.9 Å². The Morgan fingerprint density at radius 2 is 1.88 bits per heavy atom. The fourth-order valence-electron chi connectivity index (χ4n) is 3.41. The molecule has 1 aliphatic heterocycles. The average molecular weight is 496 g/mol. The van der Waals surface area contributed by atoms with Crippen LogP contribution in [0.2, 0.25) is 0 Å². The summed E-state index contributed by atoms with van der Waals surface area (Å²) in [6.07, 6.45) is 0.973. The zero-order chi connectivity index (χ0) is 25.1. The van der Waals surface area contributed by atoms with E-state index < -0.39 is 48.3 Å². The van der Waals surface area contributed by atoms with Gasteiger partial charge in [0.1, 0.15) is 18.6 Å². The molecular formula is C22H29N3O8S. The summed E-state index contributed by atoms with van der Waals surface area (Å²) in [5, 5.41) is 22.2. The number of carbonyl (C=O) groups excluding carboxylic acids is 3. The molecule has 1 heterocycles. The second-order valence-electron chi connectivity index (χ2n) is 7.80. The number of hydrogen-bond acceptors (Lipinski definition) is 8. The molecule has 0 aliphatic carbocycles. The fraction of sp³-hybridized carbons (Fsp3) is 0.500. The van der Waals surface area contributed by atoms with Gasteiger partial charge < -0.3 is 31.3 Å². The van der Waals surface area contributed by atoms with E-state index in [-0.39, 0.29) is 29.8 Å². The number of aliphatic carboxylic acids is 2. The number of nitrogens with one attached hydrogen (secondary N) is 2. The van der Waals surface area contributed by atoms with Gasteiger partial charge in [0.15, 0.2) is 0 Å². The zero-order valence-corrected chi connectivity index (χ0v) is 19.3. The Morgan fingerprint density at radius 1 is 1.18 bits per heavy atom. The molecule has 1 saturated heterocycles. The highest BCUT2D eigenvalue weighted by molar-refractivity contribution is 7.99. The molecule has 186 valence electrons. The molecule has 1 aliphatic rings. The van der Waals surface area contributed by atoms with Crippen LogP contribution in [0.25, 0.3) is 0 Å². The first-order chi connectivity index (χ1) is 16.2. The number of thioether (sulfide) groups is 1. The van der Waals surface area contributed by atoms with Crippen LogP contribution in [-0.2, 0) is 28.7 Å². The Balaban J connectivity index is 2.13. The largest absolute Gasteiger partial charge is 0.480 e. The van der Waals surface area contributed by atoms with Gasteiger partial charge in [-0.2, -0.15) is 11.8 Å². The lowest BCUT2D eigenvalue weighted by molar-refractivity contribution is -0.153. The van der Waals surface area contributed by atoms with E-state index in [1.165, 1.54) is 11.8 Å². The molecule has 0 radical (unpaired) electrons. The molecule has 4 atom stereocenters. The van der Waals surface area contributed by atoms with E-state index >= 15 is 0 Å². The minimum atomic E-state index is -1.25. The summed E-state index contributed by atoms with van der Waals surface area (Å²) in [4.78, 5) is 59.1. The Kier molecular flexibility index (Phi) is 10.8. The van der Waals surface area contributed by atoms with Gasteiger partial charge in [-0.25, -0.2) is 0 Å². The quantitative estimate of drug-likeness (QED) is 0.238. The van der Waals surface area contributed by atoms with Crippen LogP contribution in [0.4, 0.5) is 0 Å². The Morgan fingerprint density at radius 3 is 2.50 bits per heavy atom. The summed E-state index contributed by atoms with van der Waals surface area (Å²) in [6, 6.07) is 6.91. The first kappa shape index (κ1) is 27.1. The number of carboxylic acids is 2. The molecule has 0 saturated carbocycles. The average Bonchev–Trinajstić information content (AvgIpc) is 2.81. The maximum Gasteiger partial charge on any atom is 0.322 e. The summed E-state index contributed by atoms with van der Waals surface area (Å²) in [5.41, 5.74) is 6.28. The van der Waals surface area contributed by atoms with Crippen LogP contribution in [0.3, 0.4) is 0 Å². The lowest BCUT2D eigenvalue weighted by Crippen LogP contribution is -2.49. The van der Waals surface area contributed by atoms with Crippen molar-refractivity contribution in [2.45, 2.75) is 43.0 Å². The highest BCUT2D eigenvalue weighted by Gasteiger charge is 2.35. The first-order valence-electron chi connectivity index (χ1n) is 10.8. The monoisotopic (exact) mass is 495 g/mol. The number of carbonyl (C=O) groups is 5. The van der Waals surface area contributed by atoms with E-state index in [1.54, 1.807) is 0 Å². The summed E-state index contributed by atoms with van der Waals surface area (Å²) >= 11 is 1.28. The van der Waals surface area contributed by atoms with Gasteiger partial charge in [0.2, 0.25) is 11.8 Å². The second-order valence-corrected chi connectivity index (χ2v) is 8.97. The molecular weight excluding hydrogens is 466 g/mol. The molecule has 0 aromatic heterocycles. The molecule has 34 heavy (non-hydrogen) atoms. The van der Waals surface area contributed by atoms with Gasteiger partial charge in [0.05, 0.1) is 12.5 Å². The van der Waals surface area contributed by atoms with Crippen molar-refractivity contribution >= 4 is 41.5 Å². The fourth-order valence-corrected chi connectivity index (χ4v) is 4.87. The highest BCUT2D eigenvalue weighted by Crippen LogP contribution is 2.40. The summed E-state index contributed by atoms with van der Waals surface area (Å²) < 4.78 is 5.22. The van der Waals surface area contributed by atoms with Gasteiger partial charge in [-0.05, 0) is 24.8 Å². The molecule has 12 heteroatoms. The smallest absolute Gasteiger partial charge is 0.322 e. The van der Waals surface area contributed by atoms with E-state index in [4.69, 9.17) is 20.7 Å². The lowest BCUT2D eigenvalue weighted by Gasteiger charge is -2.30. The van der Waals surface area contributed by atoms with Crippen LogP contribution < -0.4 is 16.4 Å². The van der Waals surface area contributed by atoms with Crippen LogP contribution in [0.15, 0.2) is 30.3 Å². The van der Waals surface area contributed by atoms with Crippen molar-refractivity contribution in [3.8, 4) is 0 Å². The molecule has 1 aromatic carbocycles. The molecule has 2 rings (SSSR count). The van der Waals surface area contributed by atoms with Crippen LogP contribution in [0, 0.1) is 5.92 Å². The number of hydrogen-bond donors (Lipinski definition) is 5. The Hall–Kier alpha value is -3.12. The molecule has 2 amide bonds. The normalized spacial score (nSPS) is 18.1. The number of amides is 2. The van der Waals surface area contributed by atoms with Crippen LogP contribution in [-0.4, -0.2) is 70.9 Å². The number of esters is 1. The Labute approximate surface area is 200 Å². The third-order valence-electron chi connectivity index (χ3n) is 5.21. The number of rotatable bonds is 13. The third kappa shape index (κ3) is 8.67. The third-order valence-corrected chi connectivity index (χ3v) is 6.69. The second kappa shape index (κ2) is 13.6. The zero-order valence-electron chi connectivity index (χ0n) is 18.5. The summed E-state index contributed by atoms with van der Waals surface area (Å²) in [5.74, 6) is -4.51. The van der Waals surface area contributed by atoms with Crippen LogP contribution in [0.1, 0.15) is 36.5 Å². The predicted molar refractivity (Wildman–Crippen MR) is 123 cm³/mol. The molecule has 0 bridgehead atoms. The summed E-state index contributed by atoms with van der Waals surface area (Å²) in [7, 11) is 0. The predicted octanol–water partition coefficient (Wildman–Crippen LogP) is 0.292. The first-order valence-corrected chi connectivity index (χ1v) is 11.8. The van der Waals surface area contributed by atoms with E-state index in [1.807, 2.05) is 30.3 Å².